The van der Waals surface area contributed by atoms with Crippen LogP contribution in [-0.4, -0.2) is 12.2 Å². The largest absolute Gasteiger partial charge is 0.508 e. The normalized spacial score (nSPS) is 12.2. The van der Waals surface area contributed by atoms with Crippen molar-refractivity contribution in [1.29, 1.82) is 0 Å². The molecule has 0 amide bonds. The molecule has 2 N–H and O–H groups in total. The average Bonchev–Trinajstić information content (AvgIpc) is 2.46. The van der Waals surface area contributed by atoms with E-state index >= 15 is 0 Å². The molecule has 0 aliphatic heterocycles. The molecule has 20 heavy (non-hydrogen) atoms. The maximum atomic E-state index is 13.9. The molecule has 0 bridgehead atoms. The van der Waals surface area contributed by atoms with Crippen LogP contribution in [0.1, 0.15) is 24.1 Å². The number of para-hydroxylation sites is 1. The van der Waals surface area contributed by atoms with Crippen LogP contribution < -0.4 is 10.1 Å². The van der Waals surface area contributed by atoms with Crippen molar-refractivity contribution in [2.24, 2.45) is 0 Å². The third kappa shape index (κ3) is 3.27. The number of aromatic hydroxyl groups is 1. The van der Waals surface area contributed by atoms with Gasteiger partial charge in [-0.15, -0.1) is 0 Å². The molecule has 0 heterocycles. The lowest BCUT2D eigenvalue weighted by Gasteiger charge is -2.16. The molecule has 0 aliphatic carbocycles. The highest BCUT2D eigenvalue weighted by molar-refractivity contribution is 5.33. The van der Waals surface area contributed by atoms with E-state index in [4.69, 9.17) is 4.74 Å². The molecule has 2 aromatic carbocycles. The van der Waals surface area contributed by atoms with E-state index in [-0.39, 0.29) is 17.6 Å². The smallest absolute Gasteiger partial charge is 0.131 e. The number of phenolic OH excluding ortho intramolecular Hbond substituents is 1. The zero-order valence-electron chi connectivity index (χ0n) is 11.6. The molecule has 1 unspecified atom stereocenters. The first-order chi connectivity index (χ1) is 9.61. The first-order valence-electron chi connectivity index (χ1n) is 6.45. The number of nitrogens with one attached hydrogen (secondary N) is 1. The van der Waals surface area contributed by atoms with E-state index in [1.165, 1.54) is 13.2 Å². The summed E-state index contributed by atoms with van der Waals surface area (Å²) in [6, 6.07) is 11.7. The first kappa shape index (κ1) is 14.3. The highest BCUT2D eigenvalue weighted by Crippen LogP contribution is 2.23. The van der Waals surface area contributed by atoms with E-state index < -0.39 is 0 Å². The second-order valence-corrected chi connectivity index (χ2v) is 4.62. The Hall–Kier alpha value is -2.07. The van der Waals surface area contributed by atoms with Crippen LogP contribution in [-0.2, 0) is 6.54 Å². The molecule has 0 spiro atoms. The number of methoxy groups -OCH3 is 1. The average molecular weight is 275 g/mol. The number of hydrogen-bond acceptors (Lipinski definition) is 3. The van der Waals surface area contributed by atoms with Gasteiger partial charge in [0.15, 0.2) is 0 Å². The lowest BCUT2D eigenvalue weighted by Crippen LogP contribution is -2.19. The summed E-state index contributed by atoms with van der Waals surface area (Å²) < 4.78 is 18.9. The molecule has 0 aliphatic rings. The zero-order valence-corrected chi connectivity index (χ0v) is 11.6. The molecule has 2 rings (SSSR count). The summed E-state index contributed by atoms with van der Waals surface area (Å²) in [7, 11) is 1.51. The molecule has 3 nitrogen and oxygen atoms in total. The van der Waals surface area contributed by atoms with Crippen LogP contribution in [0.4, 0.5) is 4.39 Å². The number of ether oxygens (including phenoxy) is 1. The van der Waals surface area contributed by atoms with Gasteiger partial charge >= 0.3 is 0 Å². The van der Waals surface area contributed by atoms with Gasteiger partial charge in [-0.25, -0.2) is 4.39 Å². The van der Waals surface area contributed by atoms with E-state index in [2.05, 4.69) is 5.32 Å². The van der Waals surface area contributed by atoms with Crippen LogP contribution in [0.5, 0.6) is 11.5 Å². The Balaban J connectivity index is 2.05. The molecular weight excluding hydrogens is 257 g/mol. The lowest BCUT2D eigenvalue weighted by molar-refractivity contribution is 0.409. The molecule has 0 aromatic heterocycles. The van der Waals surface area contributed by atoms with E-state index in [0.717, 1.165) is 5.56 Å². The van der Waals surface area contributed by atoms with Gasteiger partial charge in [-0.1, -0.05) is 24.3 Å². The van der Waals surface area contributed by atoms with Crippen molar-refractivity contribution in [3.05, 3.63) is 59.4 Å². The van der Waals surface area contributed by atoms with Gasteiger partial charge in [0, 0.05) is 29.8 Å². The van der Waals surface area contributed by atoms with Crippen molar-refractivity contribution in [2.75, 3.05) is 7.11 Å². The van der Waals surface area contributed by atoms with Gasteiger partial charge in [-0.3, -0.25) is 0 Å². The summed E-state index contributed by atoms with van der Waals surface area (Å²) in [4.78, 5) is 0. The van der Waals surface area contributed by atoms with Crippen LogP contribution in [0.25, 0.3) is 0 Å². The Kier molecular flexibility index (Phi) is 4.58. The quantitative estimate of drug-likeness (QED) is 0.879. The number of hydrogen-bond donors (Lipinski definition) is 2. The van der Waals surface area contributed by atoms with Crippen LogP contribution >= 0.6 is 0 Å². The molecule has 2 aromatic rings. The van der Waals surface area contributed by atoms with Crippen LogP contribution in [0.2, 0.25) is 0 Å². The zero-order chi connectivity index (χ0) is 14.5. The van der Waals surface area contributed by atoms with Crippen molar-refractivity contribution in [3.8, 4) is 11.5 Å². The maximum Gasteiger partial charge on any atom is 0.131 e. The Morgan fingerprint density at radius 1 is 1.25 bits per heavy atom. The fourth-order valence-electron chi connectivity index (χ4n) is 2.02. The first-order valence-corrected chi connectivity index (χ1v) is 6.45. The molecule has 0 radical (unpaired) electrons. The van der Waals surface area contributed by atoms with Crippen LogP contribution in [0.3, 0.4) is 0 Å². The Morgan fingerprint density at radius 2 is 2.00 bits per heavy atom. The molecular formula is C16H18FNO2. The third-order valence-electron chi connectivity index (χ3n) is 3.26. The minimum atomic E-state index is -0.304. The SMILES string of the molecule is COc1ccc(C(C)NCc2ccccc2O)c(F)c1. The third-order valence-corrected chi connectivity index (χ3v) is 3.26. The predicted molar refractivity (Wildman–Crippen MR) is 76.3 cm³/mol. The molecule has 4 heteroatoms. The molecule has 1 atom stereocenters. The number of benzene rings is 2. The van der Waals surface area contributed by atoms with Gasteiger partial charge < -0.3 is 15.2 Å². The summed E-state index contributed by atoms with van der Waals surface area (Å²) >= 11 is 0. The van der Waals surface area contributed by atoms with Gasteiger partial charge in [0.05, 0.1) is 7.11 Å². The second kappa shape index (κ2) is 6.39. The Labute approximate surface area is 118 Å². The van der Waals surface area contributed by atoms with Gasteiger partial charge in [0.2, 0.25) is 0 Å². The molecule has 0 saturated carbocycles. The van der Waals surface area contributed by atoms with Gasteiger partial charge in [0.25, 0.3) is 0 Å². The summed E-state index contributed by atoms with van der Waals surface area (Å²) in [5.41, 5.74) is 1.36. The van der Waals surface area contributed by atoms with Crippen LogP contribution in [0.15, 0.2) is 42.5 Å². The van der Waals surface area contributed by atoms with Gasteiger partial charge in [-0.2, -0.15) is 0 Å². The van der Waals surface area contributed by atoms with E-state index in [9.17, 15) is 9.50 Å². The van der Waals surface area contributed by atoms with Crippen molar-refractivity contribution in [1.82, 2.24) is 5.32 Å². The van der Waals surface area contributed by atoms with E-state index in [1.54, 1.807) is 24.3 Å². The standard InChI is InChI=1S/C16H18FNO2/c1-11(14-8-7-13(20-2)9-15(14)17)18-10-12-5-3-4-6-16(12)19/h3-9,11,18-19H,10H2,1-2H3. The van der Waals surface area contributed by atoms with Crippen molar-refractivity contribution >= 4 is 0 Å². The highest BCUT2D eigenvalue weighted by atomic mass is 19.1. The monoisotopic (exact) mass is 275 g/mol. The number of phenols is 1. The van der Waals surface area contributed by atoms with E-state index in [0.29, 0.717) is 17.9 Å². The summed E-state index contributed by atoms with van der Waals surface area (Å²) in [5.74, 6) is 0.434. The second-order valence-electron chi connectivity index (χ2n) is 4.62. The Morgan fingerprint density at radius 3 is 2.65 bits per heavy atom. The Bertz CT molecular complexity index is 586. The molecule has 0 fully saturated rings. The van der Waals surface area contributed by atoms with Crippen molar-refractivity contribution in [3.63, 3.8) is 0 Å². The number of rotatable bonds is 5. The summed E-state index contributed by atoms with van der Waals surface area (Å²) in [6.07, 6.45) is 0. The number of halogens is 1. The lowest BCUT2D eigenvalue weighted by atomic mass is 10.1. The fraction of sp³-hybridized carbons (Fsp3) is 0.250. The fourth-order valence-corrected chi connectivity index (χ4v) is 2.02. The van der Waals surface area contributed by atoms with Gasteiger partial charge in [0.1, 0.15) is 17.3 Å². The van der Waals surface area contributed by atoms with Crippen molar-refractivity contribution < 1.29 is 14.2 Å². The topological polar surface area (TPSA) is 41.5 Å². The summed E-state index contributed by atoms with van der Waals surface area (Å²) in [6.45, 7) is 2.35. The van der Waals surface area contributed by atoms with Crippen molar-refractivity contribution in [2.45, 2.75) is 19.5 Å². The predicted octanol–water partition coefficient (Wildman–Crippen LogP) is 3.39. The maximum absolute atomic E-state index is 13.9. The summed E-state index contributed by atoms with van der Waals surface area (Å²) in [5, 5.41) is 12.9. The highest BCUT2D eigenvalue weighted by Gasteiger charge is 2.12. The minimum Gasteiger partial charge on any atom is -0.508 e. The van der Waals surface area contributed by atoms with E-state index in [1.807, 2.05) is 19.1 Å². The molecule has 0 saturated heterocycles. The minimum absolute atomic E-state index is 0.166. The van der Waals surface area contributed by atoms with Crippen LogP contribution in [0, 0.1) is 5.82 Å². The van der Waals surface area contributed by atoms with Gasteiger partial charge in [-0.05, 0) is 19.1 Å². The molecule has 106 valence electrons.